The zero-order valence-corrected chi connectivity index (χ0v) is 15.6. The van der Waals surface area contributed by atoms with Gasteiger partial charge in [-0.15, -0.1) is 11.3 Å². The lowest BCUT2D eigenvalue weighted by atomic mass is 10.1. The topological polar surface area (TPSA) is 18.5 Å². The smallest absolute Gasteiger partial charge is 0.160 e. The van der Waals surface area contributed by atoms with Gasteiger partial charge in [0.25, 0.3) is 0 Å². The van der Waals surface area contributed by atoms with Crippen molar-refractivity contribution in [3.8, 4) is 11.5 Å². The maximum atomic E-state index is 5.34. The van der Waals surface area contributed by atoms with Crippen LogP contribution in [-0.4, -0.2) is 14.2 Å². The lowest BCUT2D eigenvalue weighted by molar-refractivity contribution is 0.354. The molecule has 0 aliphatic rings. The van der Waals surface area contributed by atoms with E-state index in [0.717, 1.165) is 17.9 Å². The Morgan fingerprint density at radius 1 is 1.15 bits per heavy atom. The van der Waals surface area contributed by atoms with E-state index in [2.05, 4.69) is 50.9 Å². The molecule has 108 valence electrons. The Balaban J connectivity index is 2.17. The maximum Gasteiger partial charge on any atom is 0.160 e. The van der Waals surface area contributed by atoms with Gasteiger partial charge in [-0.05, 0) is 58.6 Å². The second-order valence-electron chi connectivity index (χ2n) is 4.47. The van der Waals surface area contributed by atoms with Crippen LogP contribution in [0.3, 0.4) is 0 Å². The van der Waals surface area contributed by atoms with Crippen molar-refractivity contribution in [1.29, 1.82) is 0 Å². The van der Waals surface area contributed by atoms with E-state index >= 15 is 0 Å². The number of hydrogen-bond donors (Lipinski definition) is 0. The van der Waals surface area contributed by atoms with E-state index in [4.69, 9.17) is 9.47 Å². The van der Waals surface area contributed by atoms with E-state index in [-0.39, 0.29) is 0 Å². The van der Waals surface area contributed by atoms with Gasteiger partial charge in [0.15, 0.2) is 11.5 Å². The largest absolute Gasteiger partial charge is 0.493 e. The molecule has 2 rings (SSSR count). The number of rotatable bonds is 5. The SMILES string of the molecule is COc1ccc(CC(Br)c2cc(C)c(Br)s2)cc1OC. The maximum absolute atomic E-state index is 5.34. The molecule has 1 aromatic heterocycles. The fourth-order valence-corrected chi connectivity index (χ4v) is 4.29. The van der Waals surface area contributed by atoms with Gasteiger partial charge in [0.2, 0.25) is 0 Å². The normalized spacial score (nSPS) is 12.2. The summed E-state index contributed by atoms with van der Waals surface area (Å²) in [5, 5.41) is 0. The Kier molecular flexibility index (Phi) is 5.52. The van der Waals surface area contributed by atoms with Crippen LogP contribution in [0, 0.1) is 6.92 Å². The Morgan fingerprint density at radius 3 is 2.40 bits per heavy atom. The van der Waals surface area contributed by atoms with Crippen LogP contribution >= 0.6 is 43.2 Å². The van der Waals surface area contributed by atoms with E-state index < -0.39 is 0 Å². The molecule has 0 radical (unpaired) electrons. The molecule has 5 heteroatoms. The van der Waals surface area contributed by atoms with Crippen molar-refractivity contribution in [2.24, 2.45) is 0 Å². The number of methoxy groups -OCH3 is 2. The van der Waals surface area contributed by atoms with Gasteiger partial charge in [-0.2, -0.15) is 0 Å². The summed E-state index contributed by atoms with van der Waals surface area (Å²) in [5.41, 5.74) is 2.49. The number of alkyl halides is 1. The highest BCUT2D eigenvalue weighted by atomic mass is 79.9. The second-order valence-corrected chi connectivity index (χ2v) is 7.97. The van der Waals surface area contributed by atoms with Crippen molar-refractivity contribution >= 4 is 43.2 Å². The Hall–Kier alpha value is -0.520. The molecule has 1 heterocycles. The van der Waals surface area contributed by atoms with Crippen molar-refractivity contribution in [1.82, 2.24) is 0 Å². The summed E-state index contributed by atoms with van der Waals surface area (Å²) in [6.07, 6.45) is 0.909. The fraction of sp³-hybridized carbons (Fsp3) is 0.333. The van der Waals surface area contributed by atoms with Crippen LogP contribution in [0.2, 0.25) is 0 Å². The minimum Gasteiger partial charge on any atom is -0.493 e. The zero-order chi connectivity index (χ0) is 14.7. The first-order chi connectivity index (χ1) is 9.55. The molecule has 0 aliphatic heterocycles. The van der Waals surface area contributed by atoms with Gasteiger partial charge in [-0.25, -0.2) is 0 Å². The Labute approximate surface area is 140 Å². The highest BCUT2D eigenvalue weighted by molar-refractivity contribution is 9.11. The third-order valence-corrected chi connectivity index (χ3v) is 6.42. The van der Waals surface area contributed by atoms with Crippen molar-refractivity contribution in [2.45, 2.75) is 18.2 Å². The Bertz CT molecular complexity index is 576. The minimum absolute atomic E-state index is 0.301. The predicted octanol–water partition coefficient (Wildman–Crippen LogP) is 5.51. The minimum atomic E-state index is 0.301. The monoisotopic (exact) mass is 418 g/mol. The number of aryl methyl sites for hydroxylation is 1. The molecule has 0 fully saturated rings. The number of hydrogen-bond acceptors (Lipinski definition) is 3. The molecule has 20 heavy (non-hydrogen) atoms. The van der Waals surface area contributed by atoms with Crippen LogP contribution in [-0.2, 0) is 6.42 Å². The molecule has 0 saturated heterocycles. The summed E-state index contributed by atoms with van der Waals surface area (Å²) in [7, 11) is 3.31. The molecular formula is C15H16Br2O2S. The molecule has 1 atom stereocenters. The first-order valence-electron chi connectivity index (χ1n) is 6.16. The highest BCUT2D eigenvalue weighted by Gasteiger charge is 2.14. The molecule has 2 aromatic rings. The lowest BCUT2D eigenvalue weighted by Gasteiger charge is -2.11. The molecule has 1 unspecified atom stereocenters. The molecule has 0 N–H and O–H groups in total. The molecule has 0 aliphatic carbocycles. The molecule has 0 amide bonds. The van der Waals surface area contributed by atoms with E-state index in [0.29, 0.717) is 4.83 Å². The van der Waals surface area contributed by atoms with Gasteiger partial charge in [-0.3, -0.25) is 0 Å². The molecule has 0 saturated carbocycles. The van der Waals surface area contributed by atoms with Gasteiger partial charge in [0, 0.05) is 4.88 Å². The quantitative estimate of drug-likeness (QED) is 0.594. The average Bonchev–Trinajstić information content (AvgIpc) is 2.78. The van der Waals surface area contributed by atoms with Crippen LogP contribution in [0.15, 0.2) is 28.1 Å². The van der Waals surface area contributed by atoms with E-state index in [1.54, 1.807) is 25.6 Å². The van der Waals surface area contributed by atoms with Crippen LogP contribution < -0.4 is 9.47 Å². The number of benzene rings is 1. The van der Waals surface area contributed by atoms with E-state index in [9.17, 15) is 0 Å². The van der Waals surface area contributed by atoms with Crippen LogP contribution in [0.4, 0.5) is 0 Å². The summed E-state index contributed by atoms with van der Waals surface area (Å²) in [6, 6.07) is 8.27. The van der Waals surface area contributed by atoms with Crippen molar-refractivity contribution in [3.63, 3.8) is 0 Å². The zero-order valence-electron chi connectivity index (χ0n) is 11.6. The number of halogens is 2. The molecule has 0 spiro atoms. The molecular weight excluding hydrogens is 404 g/mol. The van der Waals surface area contributed by atoms with E-state index in [1.807, 2.05) is 12.1 Å². The third kappa shape index (κ3) is 3.57. The summed E-state index contributed by atoms with van der Waals surface area (Å²) < 4.78 is 11.8. The van der Waals surface area contributed by atoms with Crippen LogP contribution in [0.1, 0.15) is 20.8 Å². The summed E-state index contributed by atoms with van der Waals surface area (Å²) in [6.45, 7) is 2.11. The van der Waals surface area contributed by atoms with Gasteiger partial charge < -0.3 is 9.47 Å². The highest BCUT2D eigenvalue weighted by Crippen LogP contribution is 2.38. The number of ether oxygens (including phenoxy) is 2. The lowest BCUT2D eigenvalue weighted by Crippen LogP contribution is -1.96. The molecule has 0 bridgehead atoms. The standard InChI is InChI=1S/C15H16Br2O2S/c1-9-6-14(20-15(9)17)11(16)7-10-4-5-12(18-2)13(8-10)19-3/h4-6,8,11H,7H2,1-3H3. The van der Waals surface area contributed by atoms with Gasteiger partial charge in [0.05, 0.1) is 22.8 Å². The number of thiophene rings is 1. The predicted molar refractivity (Wildman–Crippen MR) is 91.7 cm³/mol. The van der Waals surface area contributed by atoms with Crippen LogP contribution in [0.5, 0.6) is 11.5 Å². The fourth-order valence-electron chi connectivity index (χ4n) is 1.95. The first-order valence-corrected chi connectivity index (χ1v) is 8.68. The van der Waals surface area contributed by atoms with Gasteiger partial charge in [-0.1, -0.05) is 22.0 Å². The Morgan fingerprint density at radius 2 is 1.85 bits per heavy atom. The molecule has 1 aromatic carbocycles. The third-order valence-electron chi connectivity index (χ3n) is 3.05. The summed E-state index contributed by atoms with van der Waals surface area (Å²) in [5.74, 6) is 1.53. The van der Waals surface area contributed by atoms with Crippen molar-refractivity contribution in [3.05, 3.63) is 44.1 Å². The summed E-state index contributed by atoms with van der Waals surface area (Å²) >= 11 is 9.12. The van der Waals surface area contributed by atoms with Crippen molar-refractivity contribution < 1.29 is 9.47 Å². The average molecular weight is 420 g/mol. The van der Waals surface area contributed by atoms with E-state index in [1.165, 1.54) is 19.8 Å². The first kappa shape index (κ1) is 15.9. The second kappa shape index (κ2) is 6.96. The van der Waals surface area contributed by atoms with Crippen LogP contribution in [0.25, 0.3) is 0 Å². The van der Waals surface area contributed by atoms with Crippen molar-refractivity contribution in [2.75, 3.05) is 14.2 Å². The van der Waals surface area contributed by atoms with Gasteiger partial charge in [0.1, 0.15) is 0 Å². The summed E-state index contributed by atoms with van der Waals surface area (Å²) in [4.78, 5) is 1.62. The van der Waals surface area contributed by atoms with Gasteiger partial charge >= 0.3 is 0 Å². The molecule has 2 nitrogen and oxygen atoms in total.